The van der Waals surface area contributed by atoms with Crippen molar-refractivity contribution >= 4 is 6.29 Å². The van der Waals surface area contributed by atoms with E-state index in [1.807, 2.05) is 25.1 Å². The first-order chi connectivity index (χ1) is 7.81. The van der Waals surface area contributed by atoms with Crippen LogP contribution in [0.15, 0.2) is 18.2 Å². The van der Waals surface area contributed by atoms with E-state index in [2.05, 4.69) is 0 Å². The molecule has 0 radical (unpaired) electrons. The molecule has 0 unspecified atom stereocenters. The largest absolute Gasteiger partial charge is 0.492 e. The minimum atomic E-state index is 0.665. The molecule has 0 aliphatic heterocycles. The number of aldehydes is 1. The average molecular weight is 218 g/mol. The van der Waals surface area contributed by atoms with Crippen LogP contribution >= 0.6 is 0 Å². The van der Waals surface area contributed by atoms with E-state index in [9.17, 15) is 4.79 Å². The van der Waals surface area contributed by atoms with Crippen molar-refractivity contribution in [3.05, 3.63) is 29.3 Å². The Bertz CT molecular complexity index is 365. The van der Waals surface area contributed by atoms with Gasteiger partial charge in [0.1, 0.15) is 5.75 Å². The molecule has 1 saturated carbocycles. The number of ether oxygens (including phenoxy) is 1. The molecule has 1 aromatic carbocycles. The Morgan fingerprint density at radius 1 is 1.38 bits per heavy atom. The van der Waals surface area contributed by atoms with Gasteiger partial charge in [-0.15, -0.1) is 0 Å². The van der Waals surface area contributed by atoms with E-state index in [1.165, 1.54) is 25.7 Å². The van der Waals surface area contributed by atoms with Crippen LogP contribution in [0.25, 0.3) is 0 Å². The maximum atomic E-state index is 10.9. The van der Waals surface area contributed by atoms with E-state index < -0.39 is 0 Å². The van der Waals surface area contributed by atoms with Crippen molar-refractivity contribution in [3.63, 3.8) is 0 Å². The molecule has 1 aliphatic rings. The number of hydrogen-bond donors (Lipinski definition) is 0. The van der Waals surface area contributed by atoms with Gasteiger partial charge < -0.3 is 4.74 Å². The van der Waals surface area contributed by atoms with Gasteiger partial charge in [-0.3, -0.25) is 4.79 Å². The van der Waals surface area contributed by atoms with E-state index >= 15 is 0 Å². The summed E-state index contributed by atoms with van der Waals surface area (Å²) in [5, 5.41) is 0. The van der Waals surface area contributed by atoms with E-state index in [0.717, 1.165) is 24.2 Å². The van der Waals surface area contributed by atoms with Crippen LogP contribution in [0, 0.1) is 12.8 Å². The number of carbonyl (C=O) groups is 1. The third-order valence-corrected chi connectivity index (χ3v) is 3.31. The molecule has 16 heavy (non-hydrogen) atoms. The Labute approximate surface area is 96.6 Å². The van der Waals surface area contributed by atoms with Gasteiger partial charge in [0.05, 0.1) is 12.2 Å². The molecule has 2 heteroatoms. The van der Waals surface area contributed by atoms with E-state index in [1.54, 1.807) is 0 Å². The van der Waals surface area contributed by atoms with Crippen LogP contribution in [0.4, 0.5) is 0 Å². The first-order valence-electron chi connectivity index (χ1n) is 5.99. The van der Waals surface area contributed by atoms with Crippen LogP contribution in [-0.4, -0.2) is 12.9 Å². The third-order valence-electron chi connectivity index (χ3n) is 3.31. The number of carbonyl (C=O) groups excluding carboxylic acids is 1. The van der Waals surface area contributed by atoms with Crippen molar-refractivity contribution in [3.8, 4) is 5.75 Å². The van der Waals surface area contributed by atoms with Crippen LogP contribution in [0.1, 0.15) is 41.6 Å². The zero-order chi connectivity index (χ0) is 11.4. The summed E-state index contributed by atoms with van der Waals surface area (Å²) in [4.78, 5) is 10.9. The van der Waals surface area contributed by atoms with Gasteiger partial charge in [-0.1, -0.05) is 25.0 Å². The number of rotatable bonds is 4. The van der Waals surface area contributed by atoms with E-state index in [-0.39, 0.29) is 0 Å². The molecule has 1 aromatic rings. The van der Waals surface area contributed by atoms with Gasteiger partial charge in [0, 0.05) is 0 Å². The number of para-hydroxylation sites is 1. The molecule has 0 bridgehead atoms. The summed E-state index contributed by atoms with van der Waals surface area (Å²) >= 11 is 0. The monoisotopic (exact) mass is 218 g/mol. The predicted octanol–water partition coefficient (Wildman–Crippen LogP) is 3.38. The lowest BCUT2D eigenvalue weighted by atomic mass is 10.1. The van der Waals surface area contributed by atoms with Crippen molar-refractivity contribution in [1.82, 2.24) is 0 Å². The molecule has 0 aromatic heterocycles. The van der Waals surface area contributed by atoms with Crippen LogP contribution in [0.2, 0.25) is 0 Å². The second-order valence-corrected chi connectivity index (χ2v) is 4.57. The summed E-state index contributed by atoms with van der Waals surface area (Å²) in [6.45, 7) is 2.74. The van der Waals surface area contributed by atoms with Crippen molar-refractivity contribution in [2.45, 2.75) is 32.6 Å². The van der Waals surface area contributed by atoms with Crippen LogP contribution in [-0.2, 0) is 0 Å². The summed E-state index contributed by atoms with van der Waals surface area (Å²) in [5.41, 5.74) is 1.71. The van der Waals surface area contributed by atoms with Gasteiger partial charge in [-0.05, 0) is 37.3 Å². The summed E-state index contributed by atoms with van der Waals surface area (Å²) in [6.07, 6.45) is 6.05. The van der Waals surface area contributed by atoms with Crippen LogP contribution < -0.4 is 4.74 Å². The van der Waals surface area contributed by atoms with Crippen molar-refractivity contribution in [2.75, 3.05) is 6.61 Å². The van der Waals surface area contributed by atoms with Crippen LogP contribution in [0.5, 0.6) is 5.75 Å². The van der Waals surface area contributed by atoms with Gasteiger partial charge >= 0.3 is 0 Å². The van der Waals surface area contributed by atoms with E-state index in [4.69, 9.17) is 4.74 Å². The summed E-state index contributed by atoms with van der Waals surface area (Å²) in [7, 11) is 0. The first kappa shape index (κ1) is 11.2. The fourth-order valence-electron chi connectivity index (χ4n) is 2.34. The number of aryl methyl sites for hydroxylation is 1. The van der Waals surface area contributed by atoms with Gasteiger partial charge in [0.25, 0.3) is 0 Å². The fraction of sp³-hybridized carbons (Fsp3) is 0.500. The zero-order valence-corrected chi connectivity index (χ0v) is 9.74. The standard InChI is InChI=1S/C14H18O2/c1-11-5-4-8-13(9-15)14(11)16-10-12-6-2-3-7-12/h4-5,8-9,12H,2-3,6-7,10H2,1H3. The maximum Gasteiger partial charge on any atom is 0.153 e. The zero-order valence-electron chi connectivity index (χ0n) is 9.74. The van der Waals surface area contributed by atoms with Gasteiger partial charge in [0.2, 0.25) is 0 Å². The highest BCUT2D eigenvalue weighted by Crippen LogP contribution is 2.27. The topological polar surface area (TPSA) is 26.3 Å². The molecule has 1 aliphatic carbocycles. The Morgan fingerprint density at radius 3 is 2.81 bits per heavy atom. The molecule has 2 rings (SSSR count). The molecule has 0 atom stereocenters. The second kappa shape index (κ2) is 5.15. The Morgan fingerprint density at radius 2 is 2.12 bits per heavy atom. The lowest BCUT2D eigenvalue weighted by molar-refractivity contribution is 0.111. The molecule has 0 N–H and O–H groups in total. The normalized spacial score (nSPS) is 16.3. The van der Waals surface area contributed by atoms with Gasteiger partial charge in [-0.2, -0.15) is 0 Å². The van der Waals surface area contributed by atoms with Crippen molar-refractivity contribution in [1.29, 1.82) is 0 Å². The fourth-order valence-corrected chi connectivity index (χ4v) is 2.34. The van der Waals surface area contributed by atoms with Gasteiger partial charge in [0.15, 0.2) is 6.29 Å². The maximum absolute atomic E-state index is 10.9. The summed E-state index contributed by atoms with van der Waals surface area (Å²) in [5.74, 6) is 1.45. The first-order valence-corrected chi connectivity index (χ1v) is 5.99. The second-order valence-electron chi connectivity index (χ2n) is 4.57. The van der Waals surface area contributed by atoms with E-state index in [0.29, 0.717) is 11.5 Å². The molecular formula is C14H18O2. The molecule has 0 spiro atoms. The SMILES string of the molecule is Cc1cccc(C=O)c1OCC1CCCC1. The number of benzene rings is 1. The van der Waals surface area contributed by atoms with Crippen molar-refractivity contribution < 1.29 is 9.53 Å². The summed E-state index contributed by atoms with van der Waals surface area (Å²) in [6, 6.07) is 5.68. The van der Waals surface area contributed by atoms with Crippen LogP contribution in [0.3, 0.4) is 0 Å². The minimum absolute atomic E-state index is 0.665. The Kier molecular flexibility index (Phi) is 3.60. The van der Waals surface area contributed by atoms with Gasteiger partial charge in [-0.25, -0.2) is 0 Å². The third kappa shape index (κ3) is 2.43. The molecule has 2 nitrogen and oxygen atoms in total. The number of hydrogen-bond acceptors (Lipinski definition) is 2. The molecule has 0 saturated heterocycles. The quantitative estimate of drug-likeness (QED) is 0.724. The highest BCUT2D eigenvalue weighted by atomic mass is 16.5. The lowest BCUT2D eigenvalue weighted by Gasteiger charge is -2.14. The molecular weight excluding hydrogens is 200 g/mol. The molecule has 0 heterocycles. The average Bonchev–Trinajstić information content (AvgIpc) is 2.80. The molecule has 86 valence electrons. The predicted molar refractivity (Wildman–Crippen MR) is 64.0 cm³/mol. The lowest BCUT2D eigenvalue weighted by Crippen LogP contribution is -2.10. The van der Waals surface area contributed by atoms with Crippen molar-refractivity contribution in [2.24, 2.45) is 5.92 Å². The highest BCUT2D eigenvalue weighted by Gasteiger charge is 2.16. The highest BCUT2D eigenvalue weighted by molar-refractivity contribution is 5.80. The smallest absolute Gasteiger partial charge is 0.153 e. The Hall–Kier alpha value is -1.31. The Balaban J connectivity index is 2.04. The summed E-state index contributed by atoms with van der Waals surface area (Å²) < 4.78 is 5.81. The minimum Gasteiger partial charge on any atom is -0.492 e. The molecule has 0 amide bonds. The molecule has 1 fully saturated rings.